The Morgan fingerprint density at radius 2 is 2.06 bits per heavy atom. The zero-order valence-corrected chi connectivity index (χ0v) is 12.1. The number of nitrogens with zero attached hydrogens (tertiary/aromatic N) is 1. The van der Waals surface area contributed by atoms with Crippen molar-refractivity contribution in [3.05, 3.63) is 11.1 Å². The Hall–Kier alpha value is -1.10. The lowest BCUT2D eigenvalue weighted by Gasteiger charge is -2.25. The third-order valence-corrected chi connectivity index (χ3v) is 4.46. The number of rotatable bonds is 5. The van der Waals surface area contributed by atoms with Crippen LogP contribution >= 0.6 is 11.3 Å². The van der Waals surface area contributed by atoms with Gasteiger partial charge < -0.3 is 10.4 Å². The Morgan fingerprint density at radius 3 is 2.56 bits per heavy atom. The largest absolute Gasteiger partial charge is 0.481 e. The first-order chi connectivity index (χ1) is 8.23. The van der Waals surface area contributed by atoms with E-state index in [1.54, 1.807) is 13.8 Å². The van der Waals surface area contributed by atoms with Gasteiger partial charge in [0.1, 0.15) is 5.41 Å². The summed E-state index contributed by atoms with van der Waals surface area (Å²) in [6, 6.07) is 0. The summed E-state index contributed by atoms with van der Waals surface area (Å²) in [5.41, 5.74) is -0.267. The first kappa shape index (κ1) is 13.3. The number of anilines is 1. The average Bonchev–Trinajstić information content (AvgIpc) is 3.00. The molecule has 18 heavy (non-hydrogen) atoms. The molecule has 1 aliphatic carbocycles. The van der Waals surface area contributed by atoms with Gasteiger partial charge in [0.25, 0.3) is 0 Å². The van der Waals surface area contributed by atoms with Gasteiger partial charge in [-0.15, -0.1) is 11.3 Å². The quantitative estimate of drug-likeness (QED) is 0.861. The fourth-order valence-electron chi connectivity index (χ4n) is 1.91. The summed E-state index contributed by atoms with van der Waals surface area (Å²) in [6.45, 7) is 7.71. The minimum atomic E-state index is -0.930. The van der Waals surface area contributed by atoms with Gasteiger partial charge >= 0.3 is 5.97 Å². The number of carboxylic acids is 1. The van der Waals surface area contributed by atoms with Crippen LogP contribution in [-0.4, -0.2) is 21.6 Å². The highest BCUT2D eigenvalue weighted by Gasteiger charge is 2.38. The number of carboxylic acid groups (broad SMARTS) is 1. The van der Waals surface area contributed by atoms with Crippen LogP contribution in [0.3, 0.4) is 0 Å². The van der Waals surface area contributed by atoms with Crippen molar-refractivity contribution >= 4 is 22.4 Å². The van der Waals surface area contributed by atoms with Crippen molar-refractivity contribution in [2.75, 3.05) is 5.32 Å². The molecule has 0 spiro atoms. The lowest BCUT2D eigenvalue weighted by molar-refractivity contribution is -0.142. The molecule has 4 nitrogen and oxygen atoms in total. The van der Waals surface area contributed by atoms with Crippen LogP contribution in [0.15, 0.2) is 5.38 Å². The summed E-state index contributed by atoms with van der Waals surface area (Å²) >= 11 is 1.48. The minimum absolute atomic E-state index is 0.0441. The molecular formula is C13H20N2O2S. The van der Waals surface area contributed by atoms with E-state index in [1.807, 2.05) is 5.38 Å². The topological polar surface area (TPSA) is 62.2 Å². The lowest BCUT2D eigenvalue weighted by Crippen LogP contribution is -2.33. The second-order valence-corrected chi connectivity index (χ2v) is 6.95. The van der Waals surface area contributed by atoms with Crippen molar-refractivity contribution < 1.29 is 9.90 Å². The number of aromatic nitrogens is 1. The first-order valence-electron chi connectivity index (χ1n) is 6.21. The monoisotopic (exact) mass is 268 g/mol. The van der Waals surface area contributed by atoms with E-state index in [-0.39, 0.29) is 5.54 Å². The summed E-state index contributed by atoms with van der Waals surface area (Å²) < 4.78 is 0. The number of aliphatic carboxylic acids is 1. The van der Waals surface area contributed by atoms with E-state index in [2.05, 4.69) is 24.1 Å². The molecule has 1 aromatic rings. The highest BCUT2D eigenvalue weighted by molar-refractivity contribution is 7.13. The second-order valence-electron chi connectivity index (χ2n) is 6.09. The fraction of sp³-hybridized carbons (Fsp3) is 0.692. The van der Waals surface area contributed by atoms with Gasteiger partial charge in [-0.2, -0.15) is 0 Å². The smallest absolute Gasteiger partial charge is 0.315 e. The van der Waals surface area contributed by atoms with Gasteiger partial charge in [0.2, 0.25) is 0 Å². The van der Waals surface area contributed by atoms with E-state index in [0.717, 1.165) is 5.13 Å². The maximum absolute atomic E-state index is 11.2. The standard InChI is InChI=1S/C13H20N2O2S/c1-12(2,10(16)17)9-7-18-11(14-9)15-13(3,4)8-5-6-8/h7-8H,5-6H2,1-4H3,(H,14,15)(H,16,17). The molecule has 0 radical (unpaired) electrons. The van der Waals surface area contributed by atoms with E-state index in [4.69, 9.17) is 0 Å². The van der Waals surface area contributed by atoms with Crippen LogP contribution in [0, 0.1) is 5.92 Å². The molecule has 0 atom stereocenters. The molecule has 0 saturated heterocycles. The van der Waals surface area contributed by atoms with E-state index < -0.39 is 11.4 Å². The molecule has 2 N–H and O–H groups in total. The first-order valence-corrected chi connectivity index (χ1v) is 7.09. The van der Waals surface area contributed by atoms with Crippen LogP contribution in [0.1, 0.15) is 46.2 Å². The summed E-state index contributed by atoms with van der Waals surface area (Å²) in [4.78, 5) is 15.6. The normalized spacial score (nSPS) is 16.7. The van der Waals surface area contributed by atoms with Crippen molar-refractivity contribution in [2.45, 2.75) is 51.5 Å². The van der Waals surface area contributed by atoms with E-state index in [1.165, 1.54) is 24.2 Å². The molecule has 5 heteroatoms. The van der Waals surface area contributed by atoms with Gasteiger partial charge in [-0.25, -0.2) is 4.98 Å². The Labute approximate surface area is 111 Å². The Bertz CT molecular complexity index is 461. The molecule has 0 amide bonds. The van der Waals surface area contributed by atoms with E-state index in [0.29, 0.717) is 11.6 Å². The summed E-state index contributed by atoms with van der Waals surface area (Å²) in [5, 5.41) is 15.3. The SMILES string of the molecule is CC(C)(C(=O)O)c1csc(NC(C)(C)C2CC2)n1. The number of carbonyl (C=O) groups is 1. The van der Waals surface area contributed by atoms with Gasteiger partial charge in [0, 0.05) is 10.9 Å². The van der Waals surface area contributed by atoms with Crippen LogP contribution in [-0.2, 0) is 10.2 Å². The number of hydrogen-bond acceptors (Lipinski definition) is 4. The minimum Gasteiger partial charge on any atom is -0.481 e. The van der Waals surface area contributed by atoms with Crippen LogP contribution in [0.2, 0.25) is 0 Å². The molecule has 0 bridgehead atoms. The molecule has 0 aromatic carbocycles. The van der Waals surface area contributed by atoms with Crippen molar-refractivity contribution in [3.8, 4) is 0 Å². The Kier molecular flexibility index (Phi) is 3.13. The summed E-state index contributed by atoms with van der Waals surface area (Å²) in [5.74, 6) is -0.141. The number of nitrogens with one attached hydrogen (secondary N) is 1. The Morgan fingerprint density at radius 1 is 1.44 bits per heavy atom. The molecular weight excluding hydrogens is 248 g/mol. The van der Waals surface area contributed by atoms with Crippen molar-refractivity contribution in [2.24, 2.45) is 5.92 Å². The van der Waals surface area contributed by atoms with Crippen LogP contribution in [0.25, 0.3) is 0 Å². The molecule has 0 unspecified atom stereocenters. The van der Waals surface area contributed by atoms with Crippen LogP contribution < -0.4 is 5.32 Å². The number of hydrogen-bond donors (Lipinski definition) is 2. The van der Waals surface area contributed by atoms with Gasteiger partial charge in [-0.1, -0.05) is 0 Å². The van der Waals surface area contributed by atoms with Gasteiger partial charge in [0.15, 0.2) is 5.13 Å². The van der Waals surface area contributed by atoms with Gasteiger partial charge in [-0.05, 0) is 46.5 Å². The molecule has 1 saturated carbocycles. The molecule has 1 fully saturated rings. The molecule has 0 aliphatic heterocycles. The highest BCUT2D eigenvalue weighted by Crippen LogP contribution is 2.41. The second kappa shape index (κ2) is 4.23. The third-order valence-electron chi connectivity index (χ3n) is 3.71. The van der Waals surface area contributed by atoms with Gasteiger partial charge in [0.05, 0.1) is 5.69 Å². The lowest BCUT2D eigenvalue weighted by atomic mass is 9.90. The van der Waals surface area contributed by atoms with Crippen LogP contribution in [0.4, 0.5) is 5.13 Å². The van der Waals surface area contributed by atoms with E-state index in [9.17, 15) is 9.90 Å². The predicted octanol–water partition coefficient (Wildman–Crippen LogP) is 3.11. The summed E-state index contributed by atoms with van der Waals surface area (Å²) in [7, 11) is 0. The number of thiazole rings is 1. The average molecular weight is 268 g/mol. The molecule has 1 aromatic heterocycles. The zero-order valence-electron chi connectivity index (χ0n) is 11.3. The zero-order chi connectivity index (χ0) is 13.6. The van der Waals surface area contributed by atoms with Crippen LogP contribution in [0.5, 0.6) is 0 Å². The highest BCUT2D eigenvalue weighted by atomic mass is 32.1. The third kappa shape index (κ3) is 2.51. The molecule has 2 rings (SSSR count). The maximum Gasteiger partial charge on any atom is 0.315 e. The molecule has 100 valence electrons. The van der Waals surface area contributed by atoms with Crippen molar-refractivity contribution in [1.82, 2.24) is 4.98 Å². The Balaban J connectivity index is 2.13. The van der Waals surface area contributed by atoms with Crippen molar-refractivity contribution in [3.63, 3.8) is 0 Å². The van der Waals surface area contributed by atoms with E-state index >= 15 is 0 Å². The van der Waals surface area contributed by atoms with Gasteiger partial charge in [-0.3, -0.25) is 4.79 Å². The predicted molar refractivity (Wildman–Crippen MR) is 73.2 cm³/mol. The molecule has 1 aliphatic rings. The van der Waals surface area contributed by atoms with Crippen molar-refractivity contribution in [1.29, 1.82) is 0 Å². The molecule has 1 heterocycles. The fourth-order valence-corrected chi connectivity index (χ4v) is 2.95. The maximum atomic E-state index is 11.2. The summed E-state index contributed by atoms with van der Waals surface area (Å²) in [6.07, 6.45) is 2.53.